The van der Waals surface area contributed by atoms with Crippen LogP contribution in [0.4, 0.5) is 0 Å². The van der Waals surface area contributed by atoms with Gasteiger partial charge in [0, 0.05) is 10.9 Å². The minimum atomic E-state index is -0.195. The van der Waals surface area contributed by atoms with Gasteiger partial charge in [0.15, 0.2) is 0 Å². The standard InChI is InChI=1S/C15H20N2O2/c1-10(2)7-12(9-18)16-15(19)14-8-11-5-3-4-6-13(11)17-14/h3-6,8,10,12,17-18H,7,9H2,1-2H3,(H,16,19). The number of carbonyl (C=O) groups is 1. The number of aliphatic hydroxyl groups is 1. The lowest BCUT2D eigenvalue weighted by molar-refractivity contribution is 0.0904. The Hall–Kier alpha value is -1.81. The highest BCUT2D eigenvalue weighted by Gasteiger charge is 2.15. The molecule has 0 radical (unpaired) electrons. The maximum Gasteiger partial charge on any atom is 0.268 e. The van der Waals surface area contributed by atoms with E-state index >= 15 is 0 Å². The minimum absolute atomic E-state index is 0.0376. The number of aliphatic hydroxyl groups excluding tert-OH is 1. The van der Waals surface area contributed by atoms with Crippen molar-refractivity contribution in [2.45, 2.75) is 26.3 Å². The Kier molecular flexibility index (Phi) is 4.22. The number of fused-ring (bicyclic) bond motifs is 1. The van der Waals surface area contributed by atoms with E-state index in [0.29, 0.717) is 11.6 Å². The quantitative estimate of drug-likeness (QED) is 0.772. The number of nitrogens with one attached hydrogen (secondary N) is 2. The average Bonchev–Trinajstić information content (AvgIpc) is 2.81. The predicted octanol–water partition coefficient (Wildman–Crippen LogP) is 2.30. The molecular formula is C15H20N2O2. The second kappa shape index (κ2) is 5.89. The van der Waals surface area contributed by atoms with E-state index < -0.39 is 0 Å². The first-order valence-corrected chi connectivity index (χ1v) is 6.59. The molecule has 0 saturated carbocycles. The van der Waals surface area contributed by atoms with E-state index in [2.05, 4.69) is 24.1 Å². The zero-order valence-corrected chi connectivity index (χ0v) is 11.3. The third-order valence-electron chi connectivity index (χ3n) is 3.09. The third kappa shape index (κ3) is 3.35. The molecule has 19 heavy (non-hydrogen) atoms. The molecule has 0 saturated heterocycles. The van der Waals surface area contributed by atoms with Gasteiger partial charge < -0.3 is 15.4 Å². The fourth-order valence-electron chi connectivity index (χ4n) is 2.21. The molecule has 1 unspecified atom stereocenters. The fraction of sp³-hybridized carbons (Fsp3) is 0.400. The van der Waals surface area contributed by atoms with Crippen molar-refractivity contribution < 1.29 is 9.90 Å². The molecule has 0 aliphatic rings. The average molecular weight is 260 g/mol. The molecule has 1 amide bonds. The van der Waals surface area contributed by atoms with Crippen molar-refractivity contribution in [3.8, 4) is 0 Å². The summed E-state index contributed by atoms with van der Waals surface area (Å²) in [5.41, 5.74) is 1.47. The molecular weight excluding hydrogens is 240 g/mol. The van der Waals surface area contributed by atoms with Crippen LogP contribution in [0.3, 0.4) is 0 Å². The normalized spacial score (nSPS) is 12.8. The first-order chi connectivity index (χ1) is 9.10. The number of aromatic nitrogens is 1. The number of aromatic amines is 1. The molecule has 1 aromatic heterocycles. The molecule has 4 heteroatoms. The minimum Gasteiger partial charge on any atom is -0.394 e. The first kappa shape index (κ1) is 13.6. The van der Waals surface area contributed by atoms with Gasteiger partial charge in [-0.3, -0.25) is 4.79 Å². The van der Waals surface area contributed by atoms with Crippen LogP contribution in [0, 0.1) is 5.92 Å². The highest BCUT2D eigenvalue weighted by Crippen LogP contribution is 2.15. The highest BCUT2D eigenvalue weighted by molar-refractivity contribution is 5.98. The predicted molar refractivity (Wildman–Crippen MR) is 76.1 cm³/mol. The maximum absolute atomic E-state index is 12.1. The summed E-state index contributed by atoms with van der Waals surface area (Å²) < 4.78 is 0. The molecule has 0 aliphatic carbocycles. The van der Waals surface area contributed by atoms with Crippen LogP contribution in [-0.4, -0.2) is 28.6 Å². The van der Waals surface area contributed by atoms with Gasteiger partial charge in [-0.1, -0.05) is 32.0 Å². The molecule has 102 valence electrons. The first-order valence-electron chi connectivity index (χ1n) is 6.59. The Morgan fingerprint density at radius 1 is 1.37 bits per heavy atom. The van der Waals surface area contributed by atoms with Gasteiger partial charge in [0.2, 0.25) is 0 Å². The summed E-state index contributed by atoms with van der Waals surface area (Å²) in [5, 5.41) is 13.2. The van der Waals surface area contributed by atoms with Gasteiger partial charge in [-0.15, -0.1) is 0 Å². The van der Waals surface area contributed by atoms with Crippen LogP contribution in [0.1, 0.15) is 30.8 Å². The van der Waals surface area contributed by atoms with Crippen LogP contribution in [0.2, 0.25) is 0 Å². The number of amides is 1. The lowest BCUT2D eigenvalue weighted by atomic mass is 10.0. The molecule has 0 aliphatic heterocycles. The summed E-state index contributed by atoms with van der Waals surface area (Å²) in [6, 6.07) is 9.39. The topological polar surface area (TPSA) is 65.1 Å². The molecule has 4 nitrogen and oxygen atoms in total. The number of hydrogen-bond acceptors (Lipinski definition) is 2. The summed E-state index contributed by atoms with van der Waals surface area (Å²) in [6.45, 7) is 4.10. The van der Waals surface area contributed by atoms with E-state index in [1.165, 1.54) is 0 Å². The molecule has 2 rings (SSSR count). The molecule has 1 heterocycles. The largest absolute Gasteiger partial charge is 0.394 e. The van der Waals surface area contributed by atoms with E-state index in [1.807, 2.05) is 30.3 Å². The second-order valence-corrected chi connectivity index (χ2v) is 5.25. The summed E-state index contributed by atoms with van der Waals surface area (Å²) in [6.07, 6.45) is 0.766. The molecule has 3 N–H and O–H groups in total. The van der Waals surface area contributed by atoms with Gasteiger partial charge in [0.05, 0.1) is 12.6 Å². The van der Waals surface area contributed by atoms with Crippen LogP contribution in [-0.2, 0) is 0 Å². The van der Waals surface area contributed by atoms with Crippen molar-refractivity contribution in [3.05, 3.63) is 36.0 Å². The van der Waals surface area contributed by atoms with Crippen molar-refractivity contribution in [2.75, 3.05) is 6.61 Å². The van der Waals surface area contributed by atoms with Gasteiger partial charge in [0.25, 0.3) is 5.91 Å². The van der Waals surface area contributed by atoms with Crippen LogP contribution in [0.25, 0.3) is 10.9 Å². The molecule has 2 aromatic rings. The Morgan fingerprint density at radius 2 is 2.11 bits per heavy atom. The second-order valence-electron chi connectivity index (χ2n) is 5.25. The van der Waals surface area contributed by atoms with Crippen molar-refractivity contribution in [1.82, 2.24) is 10.3 Å². The molecule has 1 aromatic carbocycles. The number of para-hydroxylation sites is 1. The van der Waals surface area contributed by atoms with Gasteiger partial charge in [-0.25, -0.2) is 0 Å². The lowest BCUT2D eigenvalue weighted by Gasteiger charge is -2.17. The number of carbonyl (C=O) groups excluding carboxylic acids is 1. The van der Waals surface area contributed by atoms with E-state index in [0.717, 1.165) is 17.3 Å². The molecule has 1 atom stereocenters. The van der Waals surface area contributed by atoms with Gasteiger partial charge in [0.1, 0.15) is 5.69 Å². The summed E-state index contributed by atoms with van der Waals surface area (Å²) in [4.78, 5) is 15.2. The zero-order chi connectivity index (χ0) is 13.8. The Morgan fingerprint density at radius 3 is 2.74 bits per heavy atom. The van der Waals surface area contributed by atoms with Gasteiger partial charge in [-0.05, 0) is 24.5 Å². The zero-order valence-electron chi connectivity index (χ0n) is 11.3. The van der Waals surface area contributed by atoms with Crippen LogP contribution >= 0.6 is 0 Å². The fourth-order valence-corrected chi connectivity index (χ4v) is 2.21. The smallest absolute Gasteiger partial charge is 0.268 e. The van der Waals surface area contributed by atoms with E-state index in [1.54, 1.807) is 0 Å². The Labute approximate surface area is 112 Å². The van der Waals surface area contributed by atoms with Crippen LogP contribution < -0.4 is 5.32 Å². The number of H-pyrrole nitrogens is 1. The summed E-state index contributed by atoms with van der Waals surface area (Å²) in [5.74, 6) is 0.260. The summed E-state index contributed by atoms with van der Waals surface area (Å²) in [7, 11) is 0. The van der Waals surface area contributed by atoms with Crippen LogP contribution in [0.5, 0.6) is 0 Å². The number of rotatable bonds is 5. The van der Waals surface area contributed by atoms with Crippen molar-refractivity contribution in [1.29, 1.82) is 0 Å². The Balaban J connectivity index is 2.10. The highest BCUT2D eigenvalue weighted by atomic mass is 16.3. The number of benzene rings is 1. The van der Waals surface area contributed by atoms with Crippen molar-refractivity contribution in [2.24, 2.45) is 5.92 Å². The Bertz CT molecular complexity index is 527. The van der Waals surface area contributed by atoms with Crippen molar-refractivity contribution >= 4 is 16.8 Å². The third-order valence-corrected chi connectivity index (χ3v) is 3.09. The van der Waals surface area contributed by atoms with E-state index in [4.69, 9.17) is 0 Å². The summed E-state index contributed by atoms with van der Waals surface area (Å²) >= 11 is 0. The monoisotopic (exact) mass is 260 g/mol. The lowest BCUT2D eigenvalue weighted by Crippen LogP contribution is -2.38. The maximum atomic E-state index is 12.1. The van der Waals surface area contributed by atoms with Crippen LogP contribution in [0.15, 0.2) is 30.3 Å². The molecule has 0 spiro atoms. The molecule has 0 bridgehead atoms. The number of hydrogen-bond donors (Lipinski definition) is 3. The van der Waals surface area contributed by atoms with Crippen molar-refractivity contribution in [3.63, 3.8) is 0 Å². The SMILES string of the molecule is CC(C)CC(CO)NC(=O)c1cc2ccccc2[nH]1. The van der Waals surface area contributed by atoms with E-state index in [-0.39, 0.29) is 18.6 Å². The molecule has 0 fully saturated rings. The van der Waals surface area contributed by atoms with Gasteiger partial charge >= 0.3 is 0 Å². The van der Waals surface area contributed by atoms with Gasteiger partial charge in [-0.2, -0.15) is 0 Å². The van der Waals surface area contributed by atoms with E-state index in [9.17, 15) is 9.90 Å².